The number of esters is 1. The largest absolute Gasteiger partial charge is 0.489 e. The summed E-state index contributed by atoms with van der Waals surface area (Å²) in [5.74, 6) is -1.14. The molecule has 1 aromatic rings. The van der Waals surface area contributed by atoms with E-state index in [1.807, 2.05) is 13.0 Å². The van der Waals surface area contributed by atoms with Crippen LogP contribution in [0.1, 0.15) is 76.7 Å². The van der Waals surface area contributed by atoms with Crippen molar-refractivity contribution in [2.75, 3.05) is 6.61 Å². The maximum Gasteiger partial charge on any atom is 0.336 e. The number of unbranched alkanes of at least 4 members (excludes halogenated alkanes) is 1. The van der Waals surface area contributed by atoms with Gasteiger partial charge in [0.15, 0.2) is 6.10 Å². The van der Waals surface area contributed by atoms with E-state index in [9.17, 15) is 14.7 Å². The highest BCUT2D eigenvalue weighted by Gasteiger charge is 2.34. The molecule has 0 spiro atoms. The van der Waals surface area contributed by atoms with Gasteiger partial charge in [-0.3, -0.25) is 4.79 Å². The van der Waals surface area contributed by atoms with Crippen LogP contribution in [0, 0.1) is 0 Å². The molecule has 6 heteroatoms. The first-order chi connectivity index (χ1) is 13.5. The van der Waals surface area contributed by atoms with Crippen LogP contribution in [0.3, 0.4) is 0 Å². The summed E-state index contributed by atoms with van der Waals surface area (Å²) in [6.45, 7) is 3.83. The third-order valence-electron chi connectivity index (χ3n) is 5.13. The number of halogens is 1. The Morgan fingerprint density at radius 1 is 1.21 bits per heavy atom. The third-order valence-corrected chi connectivity index (χ3v) is 5.75. The third kappa shape index (κ3) is 6.31. The lowest BCUT2D eigenvalue weighted by molar-refractivity contribution is -0.156. The quantitative estimate of drug-likeness (QED) is 0.507. The van der Waals surface area contributed by atoms with Crippen LogP contribution in [-0.2, 0) is 14.3 Å². The molecular formula is C22H31BrO5. The molecule has 0 aromatic heterocycles. The van der Waals surface area contributed by atoms with Crippen molar-refractivity contribution in [2.24, 2.45) is 0 Å². The van der Waals surface area contributed by atoms with E-state index in [0.717, 1.165) is 35.9 Å². The van der Waals surface area contributed by atoms with E-state index in [-0.39, 0.29) is 18.5 Å². The normalized spacial score (nSPS) is 17.0. The molecule has 1 aromatic carbocycles. The maximum atomic E-state index is 12.8. The topological polar surface area (TPSA) is 72.8 Å². The lowest BCUT2D eigenvalue weighted by atomic mass is 9.87. The van der Waals surface area contributed by atoms with Gasteiger partial charge in [-0.1, -0.05) is 25.8 Å². The van der Waals surface area contributed by atoms with Crippen molar-refractivity contribution < 1.29 is 24.2 Å². The minimum atomic E-state index is -1.51. The highest BCUT2D eigenvalue weighted by atomic mass is 79.9. The Hall–Kier alpha value is -1.40. The Labute approximate surface area is 175 Å². The predicted octanol–water partition coefficient (Wildman–Crippen LogP) is 4.93. The Morgan fingerprint density at radius 3 is 2.54 bits per heavy atom. The fourth-order valence-corrected chi connectivity index (χ4v) is 4.07. The first kappa shape index (κ1) is 22.9. The number of hydrogen-bond donors (Lipinski definition) is 1. The van der Waals surface area contributed by atoms with Crippen LogP contribution in [0.2, 0.25) is 0 Å². The minimum absolute atomic E-state index is 0.156. The maximum absolute atomic E-state index is 12.8. The standard InChI is InChI=1S/C22H31BrO5/c1-3-5-11-18(24)20(21(25)22(26)27-4-2)15-12-13-19(17(23)14-15)28-16-9-7-6-8-10-16/h12-14,16,20-21,25H,3-11H2,1-2H3. The molecule has 1 fully saturated rings. The smallest absolute Gasteiger partial charge is 0.336 e. The van der Waals surface area contributed by atoms with Gasteiger partial charge < -0.3 is 14.6 Å². The number of hydrogen-bond acceptors (Lipinski definition) is 5. The van der Waals surface area contributed by atoms with E-state index < -0.39 is 18.0 Å². The molecule has 2 rings (SSSR count). The Morgan fingerprint density at radius 2 is 1.93 bits per heavy atom. The van der Waals surface area contributed by atoms with E-state index in [1.54, 1.807) is 19.1 Å². The number of ether oxygens (including phenoxy) is 2. The summed E-state index contributed by atoms with van der Waals surface area (Å²) in [4.78, 5) is 24.8. The minimum Gasteiger partial charge on any atom is -0.489 e. The molecule has 0 saturated heterocycles. The second-order valence-corrected chi connectivity index (χ2v) is 8.17. The molecule has 0 bridgehead atoms. The highest BCUT2D eigenvalue weighted by Crippen LogP contribution is 2.34. The van der Waals surface area contributed by atoms with Crippen molar-refractivity contribution >= 4 is 27.7 Å². The number of Topliss-reactive ketones (excluding diaryl/α,β-unsaturated/α-hetero) is 1. The summed E-state index contributed by atoms with van der Waals surface area (Å²) in [5, 5.41) is 10.5. The van der Waals surface area contributed by atoms with Crippen LogP contribution in [0.25, 0.3) is 0 Å². The van der Waals surface area contributed by atoms with E-state index in [2.05, 4.69) is 15.9 Å². The first-order valence-corrected chi connectivity index (χ1v) is 11.1. The zero-order chi connectivity index (χ0) is 20.5. The van der Waals surface area contributed by atoms with Gasteiger partial charge in [-0.2, -0.15) is 0 Å². The lowest BCUT2D eigenvalue weighted by Gasteiger charge is -2.25. The molecule has 1 saturated carbocycles. The number of carbonyl (C=O) groups excluding carboxylic acids is 2. The van der Waals surface area contributed by atoms with Crippen LogP contribution >= 0.6 is 15.9 Å². The Kier molecular flexibility index (Phi) is 9.45. The van der Waals surface area contributed by atoms with Crippen molar-refractivity contribution in [2.45, 2.75) is 83.3 Å². The highest BCUT2D eigenvalue weighted by molar-refractivity contribution is 9.10. The zero-order valence-electron chi connectivity index (χ0n) is 16.8. The summed E-state index contributed by atoms with van der Waals surface area (Å²) >= 11 is 3.53. The molecule has 2 atom stereocenters. The van der Waals surface area contributed by atoms with Crippen molar-refractivity contribution in [3.63, 3.8) is 0 Å². The van der Waals surface area contributed by atoms with Crippen LogP contribution < -0.4 is 4.74 Å². The van der Waals surface area contributed by atoms with Gasteiger partial charge >= 0.3 is 5.97 Å². The molecule has 1 N–H and O–H groups in total. The lowest BCUT2D eigenvalue weighted by Crippen LogP contribution is -2.34. The fraction of sp³-hybridized carbons (Fsp3) is 0.636. The van der Waals surface area contributed by atoms with Crippen molar-refractivity contribution in [1.29, 1.82) is 0 Å². The van der Waals surface area contributed by atoms with E-state index in [0.29, 0.717) is 12.0 Å². The van der Waals surface area contributed by atoms with Gasteiger partial charge in [0.1, 0.15) is 11.5 Å². The van der Waals surface area contributed by atoms with E-state index in [1.165, 1.54) is 19.3 Å². The number of ketones is 1. The van der Waals surface area contributed by atoms with Crippen LogP contribution in [0.5, 0.6) is 5.75 Å². The van der Waals surface area contributed by atoms with Crippen molar-refractivity contribution in [1.82, 2.24) is 0 Å². The zero-order valence-corrected chi connectivity index (χ0v) is 18.4. The first-order valence-electron chi connectivity index (χ1n) is 10.3. The second-order valence-electron chi connectivity index (χ2n) is 7.31. The van der Waals surface area contributed by atoms with Gasteiger partial charge in [-0.15, -0.1) is 0 Å². The number of carbonyl (C=O) groups is 2. The number of aliphatic hydroxyl groups is 1. The second kappa shape index (κ2) is 11.6. The summed E-state index contributed by atoms with van der Waals surface area (Å²) in [7, 11) is 0. The van der Waals surface area contributed by atoms with Crippen molar-refractivity contribution in [3.8, 4) is 5.75 Å². The van der Waals surface area contributed by atoms with Gasteiger partial charge in [0.2, 0.25) is 0 Å². The fourth-order valence-electron chi connectivity index (χ4n) is 3.58. The van der Waals surface area contributed by atoms with Crippen LogP contribution in [-0.4, -0.2) is 35.7 Å². The molecule has 2 unspecified atom stereocenters. The van der Waals surface area contributed by atoms with Gasteiger partial charge in [0.25, 0.3) is 0 Å². The predicted molar refractivity (Wildman–Crippen MR) is 112 cm³/mol. The number of rotatable bonds is 10. The monoisotopic (exact) mass is 454 g/mol. The summed E-state index contributed by atoms with van der Waals surface area (Å²) in [6.07, 6.45) is 6.32. The van der Waals surface area contributed by atoms with Crippen LogP contribution in [0.15, 0.2) is 22.7 Å². The molecule has 1 aliphatic rings. The molecule has 0 aliphatic heterocycles. The molecule has 28 heavy (non-hydrogen) atoms. The Balaban J connectivity index is 2.22. The molecule has 1 aliphatic carbocycles. The Bertz CT molecular complexity index is 654. The molecule has 0 heterocycles. The molecule has 156 valence electrons. The van der Waals surface area contributed by atoms with E-state index >= 15 is 0 Å². The van der Waals surface area contributed by atoms with E-state index in [4.69, 9.17) is 9.47 Å². The summed E-state index contributed by atoms with van der Waals surface area (Å²) in [5.41, 5.74) is 0.588. The van der Waals surface area contributed by atoms with Crippen molar-refractivity contribution in [3.05, 3.63) is 28.2 Å². The molecule has 0 amide bonds. The molecule has 0 radical (unpaired) electrons. The SMILES string of the molecule is CCCCC(=O)C(c1ccc(OC2CCCCC2)c(Br)c1)C(O)C(=O)OCC. The summed E-state index contributed by atoms with van der Waals surface area (Å²) in [6, 6.07) is 5.35. The molecular weight excluding hydrogens is 424 g/mol. The van der Waals surface area contributed by atoms with Gasteiger partial charge in [-0.25, -0.2) is 4.79 Å². The van der Waals surface area contributed by atoms with Gasteiger partial charge in [0, 0.05) is 6.42 Å². The summed E-state index contributed by atoms with van der Waals surface area (Å²) < 4.78 is 11.8. The number of aliphatic hydroxyl groups excluding tert-OH is 1. The number of benzene rings is 1. The van der Waals surface area contributed by atoms with Gasteiger partial charge in [0.05, 0.1) is 23.1 Å². The average Bonchev–Trinajstić information content (AvgIpc) is 2.69. The molecule has 5 nitrogen and oxygen atoms in total. The van der Waals surface area contributed by atoms with Crippen LogP contribution in [0.4, 0.5) is 0 Å². The average molecular weight is 455 g/mol. The van der Waals surface area contributed by atoms with Gasteiger partial charge in [-0.05, 0) is 72.7 Å².